The number of hydrogen-bond donors (Lipinski definition) is 1. The highest BCUT2D eigenvalue weighted by Crippen LogP contribution is 2.38. The molecule has 4 heteroatoms. The molecule has 1 aliphatic heterocycles. The summed E-state index contributed by atoms with van der Waals surface area (Å²) in [5.41, 5.74) is 2.70. The molecule has 19 heavy (non-hydrogen) atoms. The number of benzene rings is 1. The van der Waals surface area contributed by atoms with Crippen molar-refractivity contribution in [3.05, 3.63) is 41.5 Å². The van der Waals surface area contributed by atoms with Crippen LogP contribution in [-0.4, -0.2) is 21.3 Å². The van der Waals surface area contributed by atoms with Crippen molar-refractivity contribution in [3.63, 3.8) is 0 Å². The molecule has 0 amide bonds. The zero-order valence-corrected chi connectivity index (χ0v) is 11.1. The largest absolute Gasteiger partial charge is 0.384 e. The van der Waals surface area contributed by atoms with E-state index in [0.29, 0.717) is 12.0 Å². The minimum Gasteiger partial charge on any atom is -0.384 e. The first-order valence-electron chi connectivity index (χ1n) is 7.06. The maximum atomic E-state index is 4.40. The van der Waals surface area contributed by atoms with Crippen molar-refractivity contribution in [1.29, 1.82) is 0 Å². The lowest BCUT2D eigenvalue weighted by molar-refractivity contribution is 0.621. The third kappa shape index (κ3) is 1.82. The van der Waals surface area contributed by atoms with Gasteiger partial charge >= 0.3 is 0 Å². The third-order valence-electron chi connectivity index (χ3n) is 4.22. The van der Waals surface area contributed by atoms with Gasteiger partial charge in [0, 0.05) is 30.6 Å². The smallest absolute Gasteiger partial charge is 0.133 e. The molecule has 4 nitrogen and oxygen atoms in total. The molecule has 1 fully saturated rings. The fourth-order valence-electron chi connectivity index (χ4n) is 3.12. The molecule has 1 aliphatic carbocycles. The van der Waals surface area contributed by atoms with Crippen molar-refractivity contribution < 1.29 is 0 Å². The Morgan fingerprint density at radius 2 is 2.11 bits per heavy atom. The lowest BCUT2D eigenvalue weighted by Crippen LogP contribution is -2.11. The van der Waals surface area contributed by atoms with Crippen molar-refractivity contribution in [3.8, 4) is 0 Å². The van der Waals surface area contributed by atoms with Gasteiger partial charge in [-0.1, -0.05) is 18.2 Å². The molecule has 2 heterocycles. The second-order valence-corrected chi connectivity index (χ2v) is 5.63. The number of para-hydroxylation sites is 1. The first-order chi connectivity index (χ1) is 9.33. The summed E-state index contributed by atoms with van der Waals surface area (Å²) in [6.07, 6.45) is 3.55. The van der Waals surface area contributed by atoms with Gasteiger partial charge in [0.15, 0.2) is 0 Å². The van der Waals surface area contributed by atoms with Gasteiger partial charge in [0.25, 0.3) is 0 Å². The standard InChI is InChI=1S/C15H18N4/c1-10-17-18-15(19(10)12-6-7-12)8-11-9-16-14-5-3-2-4-13(11)14/h2-5,11-12,16H,6-9H2,1H3. The van der Waals surface area contributed by atoms with Crippen LogP contribution in [0.15, 0.2) is 24.3 Å². The predicted molar refractivity (Wildman–Crippen MR) is 74.4 cm³/mol. The van der Waals surface area contributed by atoms with Crippen LogP contribution in [0, 0.1) is 6.92 Å². The van der Waals surface area contributed by atoms with Gasteiger partial charge < -0.3 is 9.88 Å². The molecule has 2 aliphatic rings. The van der Waals surface area contributed by atoms with E-state index < -0.39 is 0 Å². The van der Waals surface area contributed by atoms with Crippen LogP contribution < -0.4 is 5.32 Å². The van der Waals surface area contributed by atoms with E-state index in [9.17, 15) is 0 Å². The molecule has 0 bridgehead atoms. The molecule has 0 saturated heterocycles. The number of nitrogens with zero attached hydrogens (tertiary/aromatic N) is 3. The van der Waals surface area contributed by atoms with Gasteiger partial charge in [-0.2, -0.15) is 0 Å². The first kappa shape index (κ1) is 11.0. The van der Waals surface area contributed by atoms with E-state index >= 15 is 0 Å². The van der Waals surface area contributed by atoms with Crippen LogP contribution in [0.3, 0.4) is 0 Å². The molecule has 1 N–H and O–H groups in total. The number of aromatic nitrogens is 3. The van der Waals surface area contributed by atoms with E-state index in [1.54, 1.807) is 0 Å². The Labute approximate surface area is 112 Å². The summed E-state index contributed by atoms with van der Waals surface area (Å²) in [4.78, 5) is 0. The zero-order valence-electron chi connectivity index (χ0n) is 11.1. The summed E-state index contributed by atoms with van der Waals surface area (Å²) >= 11 is 0. The topological polar surface area (TPSA) is 42.7 Å². The van der Waals surface area contributed by atoms with E-state index in [1.165, 1.54) is 24.1 Å². The minimum atomic E-state index is 0.525. The van der Waals surface area contributed by atoms with E-state index in [4.69, 9.17) is 0 Å². The summed E-state index contributed by atoms with van der Waals surface area (Å²) in [6.45, 7) is 3.07. The van der Waals surface area contributed by atoms with Crippen LogP contribution in [0.5, 0.6) is 0 Å². The fourth-order valence-corrected chi connectivity index (χ4v) is 3.12. The Balaban J connectivity index is 1.63. The molecule has 1 atom stereocenters. The normalized spacial score (nSPS) is 21.2. The molecule has 98 valence electrons. The summed E-state index contributed by atoms with van der Waals surface area (Å²) in [6, 6.07) is 9.26. The van der Waals surface area contributed by atoms with Crippen molar-refractivity contribution in [2.75, 3.05) is 11.9 Å². The lowest BCUT2D eigenvalue weighted by atomic mass is 9.97. The Hall–Kier alpha value is -1.84. The SMILES string of the molecule is Cc1nnc(CC2CNc3ccccc32)n1C1CC1. The maximum Gasteiger partial charge on any atom is 0.133 e. The van der Waals surface area contributed by atoms with Crippen LogP contribution in [0.1, 0.15) is 42.0 Å². The van der Waals surface area contributed by atoms with E-state index in [0.717, 1.165) is 24.6 Å². The third-order valence-corrected chi connectivity index (χ3v) is 4.22. The number of fused-ring (bicyclic) bond motifs is 1. The highest BCUT2D eigenvalue weighted by Gasteiger charge is 2.30. The van der Waals surface area contributed by atoms with Gasteiger partial charge in [-0.05, 0) is 31.4 Å². The summed E-state index contributed by atoms with van der Waals surface area (Å²) in [5, 5.41) is 12.2. The summed E-state index contributed by atoms with van der Waals surface area (Å²) < 4.78 is 2.35. The number of hydrogen-bond acceptors (Lipinski definition) is 3. The molecule has 0 spiro atoms. The molecule has 1 unspecified atom stereocenters. The molecule has 1 saturated carbocycles. The van der Waals surface area contributed by atoms with Crippen LogP contribution >= 0.6 is 0 Å². The van der Waals surface area contributed by atoms with Crippen LogP contribution in [-0.2, 0) is 6.42 Å². The fraction of sp³-hybridized carbons (Fsp3) is 0.467. The van der Waals surface area contributed by atoms with Crippen molar-refractivity contribution in [2.24, 2.45) is 0 Å². The molecular formula is C15H18N4. The summed E-state index contributed by atoms with van der Waals surface area (Å²) in [7, 11) is 0. The number of anilines is 1. The quantitative estimate of drug-likeness (QED) is 0.915. The van der Waals surface area contributed by atoms with Crippen molar-refractivity contribution in [1.82, 2.24) is 14.8 Å². The molecule has 1 aromatic heterocycles. The average molecular weight is 254 g/mol. The van der Waals surface area contributed by atoms with Gasteiger partial charge in [-0.3, -0.25) is 0 Å². The van der Waals surface area contributed by atoms with Crippen LogP contribution in [0.4, 0.5) is 5.69 Å². The second-order valence-electron chi connectivity index (χ2n) is 5.63. The highest BCUT2D eigenvalue weighted by atomic mass is 15.3. The van der Waals surface area contributed by atoms with E-state index in [2.05, 4.69) is 51.3 Å². The molecular weight excluding hydrogens is 236 g/mol. The molecule has 4 rings (SSSR count). The Morgan fingerprint density at radius 3 is 2.95 bits per heavy atom. The van der Waals surface area contributed by atoms with Gasteiger partial charge in [0.1, 0.15) is 11.6 Å². The summed E-state index contributed by atoms with van der Waals surface area (Å²) in [5.74, 6) is 2.75. The average Bonchev–Trinajstić information content (AvgIpc) is 3.08. The van der Waals surface area contributed by atoms with E-state index in [-0.39, 0.29) is 0 Å². The zero-order chi connectivity index (χ0) is 12.8. The van der Waals surface area contributed by atoms with Crippen molar-refractivity contribution >= 4 is 5.69 Å². The molecule has 0 radical (unpaired) electrons. The minimum absolute atomic E-state index is 0.525. The van der Waals surface area contributed by atoms with Gasteiger partial charge in [0.2, 0.25) is 0 Å². The van der Waals surface area contributed by atoms with Gasteiger partial charge in [0.05, 0.1) is 0 Å². The lowest BCUT2D eigenvalue weighted by Gasteiger charge is -2.11. The first-order valence-corrected chi connectivity index (χ1v) is 7.06. The molecule has 2 aromatic rings. The number of nitrogens with one attached hydrogen (secondary N) is 1. The Kier molecular flexibility index (Phi) is 2.37. The Morgan fingerprint density at radius 1 is 1.26 bits per heavy atom. The second kappa shape index (κ2) is 4.08. The van der Waals surface area contributed by atoms with Crippen molar-refractivity contribution in [2.45, 2.75) is 38.1 Å². The highest BCUT2D eigenvalue weighted by molar-refractivity contribution is 5.57. The van der Waals surface area contributed by atoms with E-state index in [1.807, 2.05) is 0 Å². The van der Waals surface area contributed by atoms with Gasteiger partial charge in [-0.25, -0.2) is 0 Å². The van der Waals surface area contributed by atoms with Crippen LogP contribution in [0.2, 0.25) is 0 Å². The molecule has 1 aromatic carbocycles. The Bertz CT molecular complexity index is 612. The number of rotatable bonds is 3. The monoisotopic (exact) mass is 254 g/mol. The predicted octanol–water partition coefficient (Wildman–Crippen LogP) is 2.67. The van der Waals surface area contributed by atoms with Crippen LogP contribution in [0.25, 0.3) is 0 Å². The maximum absolute atomic E-state index is 4.40. The van der Waals surface area contributed by atoms with Gasteiger partial charge in [-0.15, -0.1) is 10.2 Å². The number of aryl methyl sites for hydroxylation is 1.